The van der Waals surface area contributed by atoms with Crippen molar-refractivity contribution in [2.45, 2.75) is 25.4 Å². The van der Waals surface area contributed by atoms with Crippen molar-refractivity contribution in [3.8, 4) is 0 Å². The number of morpholine rings is 1. The summed E-state index contributed by atoms with van der Waals surface area (Å²) in [4.78, 5) is 19.7. The Morgan fingerprint density at radius 3 is 2.91 bits per heavy atom. The summed E-state index contributed by atoms with van der Waals surface area (Å²) in [5.41, 5.74) is 1.07. The smallest absolute Gasteiger partial charge is 0.224 e. The average molecular weight is 339 g/mol. The predicted octanol–water partition coefficient (Wildman–Crippen LogP) is 2.14. The molecule has 23 heavy (non-hydrogen) atoms. The molecule has 3 rings (SSSR count). The molecule has 0 saturated carbocycles. The van der Waals surface area contributed by atoms with Gasteiger partial charge in [0.2, 0.25) is 5.91 Å². The first-order valence-corrected chi connectivity index (χ1v) is 8.61. The Balaban J connectivity index is 1.49. The van der Waals surface area contributed by atoms with E-state index in [9.17, 15) is 4.79 Å². The van der Waals surface area contributed by atoms with E-state index < -0.39 is 0 Å². The summed E-state index contributed by atoms with van der Waals surface area (Å²) in [6.45, 7) is 4.24. The Morgan fingerprint density at radius 2 is 2.13 bits per heavy atom. The van der Waals surface area contributed by atoms with Crippen molar-refractivity contribution in [2.24, 2.45) is 0 Å². The van der Waals surface area contributed by atoms with E-state index in [-0.39, 0.29) is 12.0 Å². The average Bonchev–Trinajstić information content (AvgIpc) is 3.08. The minimum Gasteiger partial charge on any atom is -0.374 e. The van der Waals surface area contributed by atoms with Crippen LogP contribution >= 0.6 is 11.6 Å². The number of halogens is 1. The number of hydrogen-bond donors (Lipinski definition) is 0. The van der Waals surface area contributed by atoms with E-state index in [0.29, 0.717) is 32.7 Å². The fourth-order valence-corrected chi connectivity index (χ4v) is 3.25. The van der Waals surface area contributed by atoms with E-state index in [0.717, 1.165) is 36.6 Å². The molecule has 2 heterocycles. The van der Waals surface area contributed by atoms with E-state index in [1.165, 1.54) is 0 Å². The van der Waals surface area contributed by atoms with Crippen LogP contribution in [0, 0.1) is 0 Å². The predicted molar refractivity (Wildman–Crippen MR) is 88.2 cm³/mol. The minimum atomic E-state index is 0.00985. The van der Waals surface area contributed by atoms with Crippen LogP contribution in [-0.2, 0) is 20.8 Å². The van der Waals surface area contributed by atoms with Crippen LogP contribution in [0.25, 0.3) is 0 Å². The zero-order chi connectivity index (χ0) is 16.1. The molecule has 1 unspecified atom stereocenters. The molecule has 1 atom stereocenters. The van der Waals surface area contributed by atoms with E-state index in [1.54, 1.807) is 0 Å². The quantitative estimate of drug-likeness (QED) is 0.825. The molecule has 5 nitrogen and oxygen atoms in total. The van der Waals surface area contributed by atoms with Crippen LogP contribution in [0.15, 0.2) is 24.3 Å². The summed E-state index contributed by atoms with van der Waals surface area (Å²) in [5.74, 6) is 0.174. The maximum atomic E-state index is 12.4. The van der Waals surface area contributed by atoms with Gasteiger partial charge in [0.1, 0.15) is 0 Å². The van der Waals surface area contributed by atoms with Gasteiger partial charge < -0.3 is 9.64 Å². The molecule has 0 aromatic heterocycles. The van der Waals surface area contributed by atoms with Gasteiger partial charge in [0.25, 0.3) is 0 Å². The van der Waals surface area contributed by atoms with Crippen molar-refractivity contribution in [1.29, 1.82) is 0 Å². The first-order valence-electron chi connectivity index (χ1n) is 8.23. The highest BCUT2D eigenvalue weighted by Crippen LogP contribution is 2.19. The number of nitrogens with zero attached hydrogens (tertiary/aromatic N) is 2. The lowest BCUT2D eigenvalue weighted by molar-refractivity contribution is -0.145. The molecule has 2 saturated heterocycles. The second-order valence-electron chi connectivity index (χ2n) is 5.99. The zero-order valence-corrected chi connectivity index (χ0v) is 14.0. The second-order valence-corrected chi connectivity index (χ2v) is 6.40. The zero-order valence-electron chi connectivity index (χ0n) is 13.2. The molecule has 6 heteroatoms. The summed E-state index contributed by atoms with van der Waals surface area (Å²) in [7, 11) is 0. The van der Waals surface area contributed by atoms with E-state index >= 15 is 0 Å². The third-order valence-electron chi connectivity index (χ3n) is 4.30. The number of benzene rings is 1. The van der Waals surface area contributed by atoms with Crippen LogP contribution in [0.3, 0.4) is 0 Å². The Labute approximate surface area is 142 Å². The topological polar surface area (TPSA) is 42.0 Å². The number of rotatable bonds is 5. The molecule has 0 spiro atoms. The van der Waals surface area contributed by atoms with Gasteiger partial charge in [0.15, 0.2) is 0 Å². The van der Waals surface area contributed by atoms with Gasteiger partial charge in [-0.3, -0.25) is 9.63 Å². The van der Waals surface area contributed by atoms with Crippen LogP contribution in [0.2, 0.25) is 5.02 Å². The molecular formula is C17H23ClN2O3. The van der Waals surface area contributed by atoms with E-state index in [2.05, 4.69) is 0 Å². The van der Waals surface area contributed by atoms with Gasteiger partial charge in [-0.1, -0.05) is 29.8 Å². The summed E-state index contributed by atoms with van der Waals surface area (Å²) in [6, 6.07) is 7.79. The van der Waals surface area contributed by atoms with Crippen LogP contribution in [0.4, 0.5) is 0 Å². The molecule has 0 aliphatic carbocycles. The summed E-state index contributed by atoms with van der Waals surface area (Å²) in [6.07, 6.45) is 2.29. The number of hydroxylamine groups is 2. The highest BCUT2D eigenvalue weighted by Gasteiger charge is 2.25. The fourth-order valence-electron chi connectivity index (χ4n) is 3.03. The van der Waals surface area contributed by atoms with E-state index in [4.69, 9.17) is 21.2 Å². The Morgan fingerprint density at radius 1 is 1.26 bits per heavy atom. The Hall–Kier alpha value is -1.14. The number of carbonyl (C=O) groups is 1. The van der Waals surface area contributed by atoms with Crippen molar-refractivity contribution >= 4 is 17.5 Å². The van der Waals surface area contributed by atoms with Gasteiger partial charge in [-0.15, -0.1) is 0 Å². The first-order chi connectivity index (χ1) is 11.2. The molecule has 2 aliphatic rings. The van der Waals surface area contributed by atoms with Crippen LogP contribution in [-0.4, -0.2) is 61.4 Å². The minimum absolute atomic E-state index is 0.00985. The molecule has 2 aliphatic heterocycles. The molecule has 0 radical (unpaired) electrons. The van der Waals surface area contributed by atoms with Crippen molar-refractivity contribution in [2.75, 3.05) is 39.4 Å². The molecule has 1 aromatic carbocycles. The molecule has 0 bridgehead atoms. The first kappa shape index (κ1) is 16.7. The fraction of sp³-hybridized carbons (Fsp3) is 0.588. The molecule has 2 fully saturated rings. The van der Waals surface area contributed by atoms with Crippen LogP contribution in [0.5, 0.6) is 0 Å². The molecule has 126 valence electrons. The summed E-state index contributed by atoms with van der Waals surface area (Å²) in [5, 5.41) is 2.64. The third kappa shape index (κ3) is 4.67. The molecule has 1 aromatic rings. The maximum absolute atomic E-state index is 12.4. The van der Waals surface area contributed by atoms with E-state index in [1.807, 2.05) is 34.2 Å². The largest absolute Gasteiger partial charge is 0.374 e. The van der Waals surface area contributed by atoms with Gasteiger partial charge >= 0.3 is 0 Å². The van der Waals surface area contributed by atoms with Crippen LogP contribution < -0.4 is 0 Å². The lowest BCUT2D eigenvalue weighted by Crippen LogP contribution is -2.47. The lowest BCUT2D eigenvalue weighted by Gasteiger charge is -2.33. The lowest BCUT2D eigenvalue weighted by atomic mass is 10.1. The maximum Gasteiger partial charge on any atom is 0.224 e. The van der Waals surface area contributed by atoms with Crippen molar-refractivity contribution in [1.82, 2.24) is 9.96 Å². The summed E-state index contributed by atoms with van der Waals surface area (Å²) < 4.78 is 5.81. The Kier molecular flexibility index (Phi) is 5.89. The van der Waals surface area contributed by atoms with Gasteiger partial charge in [-0.2, -0.15) is 5.06 Å². The van der Waals surface area contributed by atoms with Gasteiger partial charge in [0, 0.05) is 44.0 Å². The number of ether oxygens (including phenoxy) is 1. The monoisotopic (exact) mass is 338 g/mol. The highest BCUT2D eigenvalue weighted by molar-refractivity contribution is 6.31. The van der Waals surface area contributed by atoms with Crippen molar-refractivity contribution in [3.05, 3.63) is 34.9 Å². The molecular weight excluding hydrogens is 316 g/mol. The van der Waals surface area contributed by atoms with Crippen molar-refractivity contribution < 1.29 is 14.4 Å². The third-order valence-corrected chi connectivity index (χ3v) is 4.67. The standard InChI is InChI=1S/C17H23ClN2O3/c18-16-5-2-1-4-14(16)12-15-13-19(9-11-22-15)17(21)6-8-20-7-3-10-23-20/h1-2,4-5,15H,3,6-13H2. The highest BCUT2D eigenvalue weighted by atomic mass is 35.5. The molecule has 0 N–H and O–H groups in total. The molecule has 1 amide bonds. The SMILES string of the molecule is O=C(CCN1CCCO1)N1CCOC(Cc2ccccc2Cl)C1. The number of hydrogen-bond acceptors (Lipinski definition) is 4. The van der Waals surface area contributed by atoms with Gasteiger partial charge in [0.05, 0.1) is 19.3 Å². The number of amides is 1. The second kappa shape index (κ2) is 8.11. The van der Waals surface area contributed by atoms with Crippen LogP contribution in [0.1, 0.15) is 18.4 Å². The normalized spacial score (nSPS) is 22.5. The van der Waals surface area contributed by atoms with Gasteiger partial charge in [-0.05, 0) is 18.1 Å². The number of carbonyl (C=O) groups excluding carboxylic acids is 1. The van der Waals surface area contributed by atoms with Crippen molar-refractivity contribution in [3.63, 3.8) is 0 Å². The summed E-state index contributed by atoms with van der Waals surface area (Å²) >= 11 is 6.21. The van der Waals surface area contributed by atoms with Gasteiger partial charge in [-0.25, -0.2) is 0 Å². The Bertz CT molecular complexity index is 534.